The van der Waals surface area contributed by atoms with E-state index < -0.39 is 0 Å². The Bertz CT molecular complexity index is 892. The fourth-order valence-corrected chi connectivity index (χ4v) is 3.28. The van der Waals surface area contributed by atoms with Crippen LogP contribution >= 0.6 is 11.3 Å². The first kappa shape index (κ1) is 18.9. The van der Waals surface area contributed by atoms with E-state index in [2.05, 4.69) is 15.5 Å². The van der Waals surface area contributed by atoms with Crippen molar-refractivity contribution in [3.63, 3.8) is 0 Å². The minimum atomic E-state index is -0.206. The van der Waals surface area contributed by atoms with Gasteiger partial charge in [0.05, 0.1) is 20.3 Å². The Morgan fingerprint density at radius 3 is 2.81 bits per heavy atom. The van der Waals surface area contributed by atoms with Crippen LogP contribution in [0.15, 0.2) is 39.4 Å². The van der Waals surface area contributed by atoms with Gasteiger partial charge in [0.2, 0.25) is 17.7 Å². The molecule has 1 atom stereocenters. The van der Waals surface area contributed by atoms with Crippen molar-refractivity contribution in [3.8, 4) is 23.0 Å². The molecule has 8 heteroatoms. The molecular formula is C19H21N3O4S. The first-order chi connectivity index (χ1) is 13.1. The predicted molar refractivity (Wildman–Crippen MR) is 102 cm³/mol. The predicted octanol–water partition coefficient (Wildman–Crippen LogP) is 3.63. The Morgan fingerprint density at radius 1 is 1.26 bits per heavy atom. The van der Waals surface area contributed by atoms with E-state index in [1.807, 2.05) is 35.9 Å². The van der Waals surface area contributed by atoms with Crippen molar-refractivity contribution < 1.29 is 18.7 Å². The van der Waals surface area contributed by atoms with Gasteiger partial charge in [-0.15, -0.1) is 10.2 Å². The molecule has 7 nitrogen and oxygen atoms in total. The Hall–Kier alpha value is -2.87. The average Bonchev–Trinajstić information content (AvgIpc) is 3.37. The second kappa shape index (κ2) is 8.68. The fraction of sp³-hybridized carbons (Fsp3) is 0.316. The molecule has 3 rings (SSSR count). The molecule has 0 fully saturated rings. The van der Waals surface area contributed by atoms with Crippen LogP contribution in [0.3, 0.4) is 0 Å². The average molecular weight is 387 g/mol. The van der Waals surface area contributed by atoms with Crippen LogP contribution in [0, 0.1) is 0 Å². The van der Waals surface area contributed by atoms with Crippen molar-refractivity contribution >= 4 is 17.2 Å². The summed E-state index contributed by atoms with van der Waals surface area (Å²) in [7, 11) is 3.19. The topological polar surface area (TPSA) is 86.5 Å². The van der Waals surface area contributed by atoms with Crippen molar-refractivity contribution in [2.75, 3.05) is 14.2 Å². The number of ether oxygens (including phenoxy) is 2. The van der Waals surface area contributed by atoms with Crippen molar-refractivity contribution in [2.24, 2.45) is 0 Å². The Labute approximate surface area is 161 Å². The zero-order valence-electron chi connectivity index (χ0n) is 15.4. The number of thiophene rings is 1. The zero-order valence-corrected chi connectivity index (χ0v) is 16.2. The van der Waals surface area contributed by atoms with Crippen molar-refractivity contribution in [3.05, 3.63) is 46.5 Å². The monoisotopic (exact) mass is 387 g/mol. The number of rotatable bonds is 8. The Kier molecular flexibility index (Phi) is 6.08. The smallest absolute Gasteiger partial charge is 0.248 e. The van der Waals surface area contributed by atoms with Gasteiger partial charge in [-0.2, -0.15) is 11.3 Å². The fourth-order valence-electron chi connectivity index (χ4n) is 2.65. The number of hydrogen-bond acceptors (Lipinski definition) is 7. The van der Waals surface area contributed by atoms with Crippen LogP contribution in [0.4, 0.5) is 0 Å². The largest absolute Gasteiger partial charge is 0.497 e. The van der Waals surface area contributed by atoms with E-state index in [1.54, 1.807) is 31.6 Å². The third kappa shape index (κ3) is 4.65. The molecule has 0 radical (unpaired) electrons. The van der Waals surface area contributed by atoms with E-state index >= 15 is 0 Å². The number of aryl methyl sites for hydroxylation is 1. The molecule has 0 saturated carbocycles. The van der Waals surface area contributed by atoms with Gasteiger partial charge in [0.25, 0.3) is 0 Å². The van der Waals surface area contributed by atoms with Gasteiger partial charge in [-0.25, -0.2) is 0 Å². The summed E-state index contributed by atoms with van der Waals surface area (Å²) < 4.78 is 16.2. The Balaban J connectivity index is 1.56. The number of hydrogen-bond donors (Lipinski definition) is 1. The number of carbonyl (C=O) groups excluding carboxylic acids is 1. The normalized spacial score (nSPS) is 11.8. The number of nitrogens with zero attached hydrogens (tertiary/aromatic N) is 2. The minimum absolute atomic E-state index is 0.101. The van der Waals surface area contributed by atoms with Crippen LogP contribution < -0.4 is 14.8 Å². The summed E-state index contributed by atoms with van der Waals surface area (Å²) in [6, 6.07) is 7.22. The lowest BCUT2D eigenvalue weighted by Gasteiger charge is -2.18. The molecular weight excluding hydrogens is 366 g/mol. The maximum Gasteiger partial charge on any atom is 0.248 e. The molecule has 27 heavy (non-hydrogen) atoms. The molecule has 2 aromatic heterocycles. The molecule has 1 amide bonds. The van der Waals surface area contributed by atoms with Crippen LogP contribution in [0.25, 0.3) is 11.5 Å². The molecule has 3 aromatic rings. The highest BCUT2D eigenvalue weighted by Crippen LogP contribution is 2.29. The van der Waals surface area contributed by atoms with E-state index in [-0.39, 0.29) is 18.4 Å². The van der Waals surface area contributed by atoms with Crippen LogP contribution in [0.1, 0.15) is 30.8 Å². The lowest BCUT2D eigenvalue weighted by Crippen LogP contribution is -2.27. The van der Waals surface area contributed by atoms with E-state index in [9.17, 15) is 4.79 Å². The second-order valence-electron chi connectivity index (χ2n) is 5.91. The lowest BCUT2D eigenvalue weighted by atomic mass is 10.1. The highest BCUT2D eigenvalue weighted by atomic mass is 32.1. The Morgan fingerprint density at radius 2 is 2.11 bits per heavy atom. The van der Waals surface area contributed by atoms with E-state index in [4.69, 9.17) is 13.9 Å². The number of methoxy groups -OCH3 is 2. The second-order valence-corrected chi connectivity index (χ2v) is 6.69. The van der Waals surface area contributed by atoms with E-state index in [0.717, 1.165) is 11.1 Å². The molecule has 1 aromatic carbocycles. The van der Waals surface area contributed by atoms with Gasteiger partial charge in [0, 0.05) is 35.4 Å². The minimum Gasteiger partial charge on any atom is -0.497 e. The summed E-state index contributed by atoms with van der Waals surface area (Å²) in [5.74, 6) is 2.19. The van der Waals surface area contributed by atoms with Gasteiger partial charge < -0.3 is 19.2 Å². The maximum atomic E-state index is 12.3. The molecule has 0 spiro atoms. The van der Waals surface area contributed by atoms with Crippen LogP contribution in [-0.4, -0.2) is 30.3 Å². The molecule has 1 unspecified atom stereocenters. The van der Waals surface area contributed by atoms with Gasteiger partial charge in [0.15, 0.2) is 0 Å². The third-order valence-corrected chi connectivity index (χ3v) is 4.77. The quantitative estimate of drug-likeness (QED) is 0.635. The van der Waals surface area contributed by atoms with Crippen LogP contribution in [0.2, 0.25) is 0 Å². The first-order valence-corrected chi connectivity index (χ1v) is 9.41. The maximum absolute atomic E-state index is 12.3. The third-order valence-electron chi connectivity index (χ3n) is 4.09. The number of aromatic nitrogens is 2. The van der Waals surface area contributed by atoms with Gasteiger partial charge in [-0.3, -0.25) is 4.79 Å². The zero-order chi connectivity index (χ0) is 19.2. The van der Waals surface area contributed by atoms with E-state index in [1.165, 1.54) is 0 Å². The summed E-state index contributed by atoms with van der Waals surface area (Å²) in [6.07, 6.45) is 0.642. The van der Waals surface area contributed by atoms with Crippen LogP contribution in [0.5, 0.6) is 11.5 Å². The summed E-state index contributed by atoms with van der Waals surface area (Å²) >= 11 is 1.56. The van der Waals surface area contributed by atoms with Gasteiger partial charge >= 0.3 is 0 Å². The van der Waals surface area contributed by atoms with Crippen LogP contribution in [-0.2, 0) is 11.2 Å². The van der Waals surface area contributed by atoms with E-state index in [0.29, 0.717) is 29.7 Å². The van der Waals surface area contributed by atoms with Gasteiger partial charge in [-0.1, -0.05) is 0 Å². The van der Waals surface area contributed by atoms with Gasteiger partial charge in [0.1, 0.15) is 11.5 Å². The van der Waals surface area contributed by atoms with Crippen molar-refractivity contribution in [2.45, 2.75) is 25.8 Å². The summed E-state index contributed by atoms with van der Waals surface area (Å²) in [6.45, 7) is 1.91. The first-order valence-electron chi connectivity index (χ1n) is 8.47. The molecule has 2 heterocycles. The summed E-state index contributed by atoms with van der Waals surface area (Å²) in [4.78, 5) is 12.3. The number of benzene rings is 1. The molecule has 142 valence electrons. The highest BCUT2D eigenvalue weighted by molar-refractivity contribution is 7.08. The van der Waals surface area contributed by atoms with Crippen molar-refractivity contribution in [1.29, 1.82) is 0 Å². The van der Waals surface area contributed by atoms with Gasteiger partial charge in [-0.05, 0) is 30.5 Å². The number of amides is 1. The molecule has 1 N–H and O–H groups in total. The van der Waals surface area contributed by atoms with Crippen molar-refractivity contribution in [1.82, 2.24) is 15.5 Å². The molecule has 0 bridgehead atoms. The SMILES string of the molecule is COc1ccc(C(C)NC(=O)CCc2nnc(-c3ccsc3)o2)c(OC)c1. The molecule has 0 aliphatic carbocycles. The molecule has 0 aliphatic rings. The number of nitrogens with one attached hydrogen (secondary N) is 1. The number of carbonyl (C=O) groups is 1. The summed E-state index contributed by atoms with van der Waals surface area (Å²) in [5, 5.41) is 14.9. The summed E-state index contributed by atoms with van der Waals surface area (Å²) in [5.41, 5.74) is 1.77. The molecule has 0 aliphatic heterocycles. The highest BCUT2D eigenvalue weighted by Gasteiger charge is 2.16. The lowest BCUT2D eigenvalue weighted by molar-refractivity contribution is -0.121. The standard InChI is InChI=1S/C19H21N3O4S/c1-12(15-5-4-14(24-2)10-16(15)25-3)20-17(23)6-7-18-21-22-19(26-18)13-8-9-27-11-13/h4-5,8-12H,6-7H2,1-3H3,(H,20,23). The molecule has 0 saturated heterocycles.